The molecule has 1 atom stereocenters. The van der Waals surface area contributed by atoms with Gasteiger partial charge in [-0.05, 0) is 36.6 Å². The van der Waals surface area contributed by atoms with Crippen LogP contribution in [0.25, 0.3) is 0 Å². The third-order valence-corrected chi connectivity index (χ3v) is 3.47. The van der Waals surface area contributed by atoms with E-state index in [9.17, 15) is 5.11 Å². The number of benzene rings is 1. The first-order chi connectivity index (χ1) is 9.65. The molecule has 2 rings (SSSR count). The number of aliphatic hydroxyl groups excluding tert-OH is 1. The van der Waals surface area contributed by atoms with Gasteiger partial charge >= 0.3 is 0 Å². The fourth-order valence-corrected chi connectivity index (χ4v) is 2.42. The minimum absolute atomic E-state index is 0.509. The van der Waals surface area contributed by atoms with Gasteiger partial charge in [0, 0.05) is 12.6 Å². The number of methoxy groups -OCH3 is 1. The second kappa shape index (κ2) is 6.53. The van der Waals surface area contributed by atoms with Crippen LogP contribution in [-0.2, 0) is 12.8 Å². The summed E-state index contributed by atoms with van der Waals surface area (Å²) >= 11 is 0. The van der Waals surface area contributed by atoms with E-state index >= 15 is 0 Å². The number of aliphatic hydroxyl groups is 1. The molecule has 1 aromatic carbocycles. The van der Waals surface area contributed by atoms with Crippen LogP contribution in [0.3, 0.4) is 0 Å². The summed E-state index contributed by atoms with van der Waals surface area (Å²) in [6, 6.07) is 9.92. The summed E-state index contributed by atoms with van der Waals surface area (Å²) in [5.74, 6) is 0.809. The van der Waals surface area contributed by atoms with E-state index in [4.69, 9.17) is 4.74 Å². The molecule has 3 heteroatoms. The Morgan fingerprint density at radius 1 is 1.25 bits per heavy atom. The summed E-state index contributed by atoms with van der Waals surface area (Å²) in [6.45, 7) is 4.11. The van der Waals surface area contributed by atoms with E-state index in [2.05, 4.69) is 18.0 Å². The highest BCUT2D eigenvalue weighted by Gasteiger charge is 2.16. The number of aryl methyl sites for hydroxylation is 2. The van der Waals surface area contributed by atoms with Crippen molar-refractivity contribution in [1.29, 1.82) is 0 Å². The van der Waals surface area contributed by atoms with Crippen molar-refractivity contribution < 1.29 is 9.84 Å². The second-order valence-corrected chi connectivity index (χ2v) is 4.94. The zero-order valence-electron chi connectivity index (χ0n) is 12.3. The zero-order chi connectivity index (χ0) is 14.5. The average molecular weight is 271 g/mol. The Morgan fingerprint density at radius 2 is 2.05 bits per heavy atom. The molecule has 0 bridgehead atoms. The van der Waals surface area contributed by atoms with Crippen LogP contribution in [0, 0.1) is 6.92 Å². The molecule has 1 N–H and O–H groups in total. The molecule has 1 unspecified atom stereocenters. The molecule has 1 heterocycles. The van der Waals surface area contributed by atoms with Crippen molar-refractivity contribution >= 4 is 0 Å². The SMILES string of the molecule is CCc1cccnc1C(O)Cc1cc(C)ccc1OC. The van der Waals surface area contributed by atoms with Gasteiger partial charge in [-0.3, -0.25) is 4.98 Å². The molecule has 20 heavy (non-hydrogen) atoms. The Balaban J connectivity index is 2.27. The van der Waals surface area contributed by atoms with Crippen LogP contribution in [0.5, 0.6) is 5.75 Å². The maximum absolute atomic E-state index is 10.5. The molecule has 0 radical (unpaired) electrons. The number of aromatic nitrogens is 1. The van der Waals surface area contributed by atoms with Crippen molar-refractivity contribution in [3.05, 3.63) is 58.9 Å². The van der Waals surface area contributed by atoms with Gasteiger partial charge in [-0.15, -0.1) is 0 Å². The highest BCUT2D eigenvalue weighted by Crippen LogP contribution is 2.26. The number of hydrogen-bond acceptors (Lipinski definition) is 3. The van der Waals surface area contributed by atoms with E-state index in [0.29, 0.717) is 6.42 Å². The third-order valence-electron chi connectivity index (χ3n) is 3.47. The first kappa shape index (κ1) is 14.5. The van der Waals surface area contributed by atoms with Crippen LogP contribution in [0.2, 0.25) is 0 Å². The number of pyridine rings is 1. The molecule has 1 aromatic heterocycles. The van der Waals surface area contributed by atoms with Gasteiger partial charge in [0.1, 0.15) is 11.9 Å². The van der Waals surface area contributed by atoms with Gasteiger partial charge < -0.3 is 9.84 Å². The summed E-state index contributed by atoms with van der Waals surface area (Å²) in [7, 11) is 1.65. The Bertz CT molecular complexity index is 581. The predicted octanol–water partition coefficient (Wildman–Crippen LogP) is 3.24. The maximum Gasteiger partial charge on any atom is 0.122 e. The minimum atomic E-state index is -0.609. The lowest BCUT2D eigenvalue weighted by atomic mass is 9.99. The number of nitrogens with zero attached hydrogens (tertiary/aromatic N) is 1. The minimum Gasteiger partial charge on any atom is -0.496 e. The van der Waals surface area contributed by atoms with Crippen LogP contribution in [0.15, 0.2) is 36.5 Å². The summed E-state index contributed by atoms with van der Waals surface area (Å²) < 4.78 is 5.36. The van der Waals surface area contributed by atoms with Crippen LogP contribution in [-0.4, -0.2) is 17.2 Å². The summed E-state index contributed by atoms with van der Waals surface area (Å²) in [4.78, 5) is 4.33. The molecular weight excluding hydrogens is 250 g/mol. The maximum atomic E-state index is 10.5. The van der Waals surface area contributed by atoms with Crippen molar-refractivity contribution in [3.63, 3.8) is 0 Å². The highest BCUT2D eigenvalue weighted by atomic mass is 16.5. The van der Waals surface area contributed by atoms with Crippen molar-refractivity contribution in [2.24, 2.45) is 0 Å². The smallest absolute Gasteiger partial charge is 0.122 e. The fourth-order valence-electron chi connectivity index (χ4n) is 2.42. The molecular formula is C17H21NO2. The molecule has 2 aromatic rings. The van der Waals surface area contributed by atoms with E-state index in [1.54, 1.807) is 13.3 Å². The van der Waals surface area contributed by atoms with E-state index in [1.165, 1.54) is 0 Å². The first-order valence-electron chi connectivity index (χ1n) is 6.91. The van der Waals surface area contributed by atoms with Gasteiger partial charge in [0.2, 0.25) is 0 Å². The molecule has 106 valence electrons. The van der Waals surface area contributed by atoms with Crippen LogP contribution in [0.1, 0.15) is 35.4 Å². The third kappa shape index (κ3) is 3.17. The number of hydrogen-bond donors (Lipinski definition) is 1. The Kier molecular flexibility index (Phi) is 4.74. The Labute approximate surface area is 120 Å². The van der Waals surface area contributed by atoms with Crippen molar-refractivity contribution in [1.82, 2.24) is 4.98 Å². The number of ether oxygens (including phenoxy) is 1. The van der Waals surface area contributed by atoms with Crippen LogP contribution >= 0.6 is 0 Å². The molecule has 0 saturated carbocycles. The van der Waals surface area contributed by atoms with E-state index in [-0.39, 0.29) is 0 Å². The van der Waals surface area contributed by atoms with E-state index < -0.39 is 6.10 Å². The molecule has 0 aliphatic carbocycles. The topological polar surface area (TPSA) is 42.4 Å². The standard InChI is InChI=1S/C17H21NO2/c1-4-13-6-5-9-18-17(13)15(19)11-14-10-12(2)7-8-16(14)20-3/h5-10,15,19H,4,11H2,1-3H3. The van der Waals surface area contributed by atoms with Crippen molar-refractivity contribution in [2.75, 3.05) is 7.11 Å². The van der Waals surface area contributed by atoms with Gasteiger partial charge in [0.15, 0.2) is 0 Å². The molecule has 3 nitrogen and oxygen atoms in total. The first-order valence-corrected chi connectivity index (χ1v) is 6.91. The molecule has 0 aliphatic rings. The molecule has 0 amide bonds. The molecule has 0 saturated heterocycles. The van der Waals surface area contributed by atoms with E-state index in [1.807, 2.05) is 31.2 Å². The zero-order valence-corrected chi connectivity index (χ0v) is 12.3. The Morgan fingerprint density at radius 3 is 2.75 bits per heavy atom. The second-order valence-electron chi connectivity index (χ2n) is 4.94. The molecule has 0 fully saturated rings. The quantitative estimate of drug-likeness (QED) is 0.907. The molecule has 0 spiro atoms. The monoisotopic (exact) mass is 271 g/mol. The lowest BCUT2D eigenvalue weighted by molar-refractivity contribution is 0.171. The van der Waals surface area contributed by atoms with Crippen molar-refractivity contribution in [3.8, 4) is 5.75 Å². The highest BCUT2D eigenvalue weighted by molar-refractivity contribution is 5.38. The van der Waals surface area contributed by atoms with Gasteiger partial charge in [0.25, 0.3) is 0 Å². The Hall–Kier alpha value is -1.87. The van der Waals surface area contributed by atoms with Gasteiger partial charge in [-0.1, -0.05) is 30.7 Å². The molecule has 0 aliphatic heterocycles. The normalized spacial score (nSPS) is 12.2. The summed E-state index contributed by atoms with van der Waals surface area (Å²) in [5, 5.41) is 10.5. The van der Waals surface area contributed by atoms with Crippen LogP contribution in [0.4, 0.5) is 0 Å². The average Bonchev–Trinajstić information content (AvgIpc) is 2.47. The van der Waals surface area contributed by atoms with Crippen molar-refractivity contribution in [2.45, 2.75) is 32.8 Å². The van der Waals surface area contributed by atoms with Gasteiger partial charge in [-0.25, -0.2) is 0 Å². The predicted molar refractivity (Wildman–Crippen MR) is 80.0 cm³/mol. The van der Waals surface area contributed by atoms with E-state index in [0.717, 1.165) is 34.6 Å². The largest absolute Gasteiger partial charge is 0.496 e. The van der Waals surface area contributed by atoms with Gasteiger partial charge in [-0.2, -0.15) is 0 Å². The summed E-state index contributed by atoms with van der Waals surface area (Å²) in [6.07, 6.45) is 2.49. The summed E-state index contributed by atoms with van der Waals surface area (Å²) in [5.41, 5.74) is 4.02. The van der Waals surface area contributed by atoms with Crippen LogP contribution < -0.4 is 4.74 Å². The fraction of sp³-hybridized carbons (Fsp3) is 0.353. The lowest BCUT2D eigenvalue weighted by Gasteiger charge is -2.16. The number of rotatable bonds is 5. The lowest BCUT2D eigenvalue weighted by Crippen LogP contribution is -2.08. The van der Waals surface area contributed by atoms with Gasteiger partial charge in [0.05, 0.1) is 12.8 Å².